The van der Waals surface area contributed by atoms with Crippen molar-refractivity contribution in [2.75, 3.05) is 0 Å². The second kappa shape index (κ2) is 6.93. The van der Waals surface area contributed by atoms with Crippen LogP contribution in [0.5, 0.6) is 0 Å². The number of para-hydroxylation sites is 2. The average Bonchev–Trinajstić information content (AvgIpc) is 2.97. The normalized spacial score (nSPS) is 10.3. The van der Waals surface area contributed by atoms with E-state index in [1.807, 2.05) is 12.1 Å². The van der Waals surface area contributed by atoms with Crippen LogP contribution >= 0.6 is 0 Å². The largest absolute Gasteiger partial charge is 0.341 e. The molecule has 0 aliphatic heterocycles. The fraction of sp³-hybridized carbons (Fsp3) is 0.0952. The molecule has 23 heavy (non-hydrogen) atoms. The van der Waals surface area contributed by atoms with E-state index in [1.165, 1.54) is 21.8 Å². The number of aromatic nitrogens is 2. The second-order valence-electron chi connectivity index (χ2n) is 5.26. The van der Waals surface area contributed by atoms with Crippen molar-refractivity contribution in [2.24, 2.45) is 0 Å². The van der Waals surface area contributed by atoms with E-state index in [4.69, 9.17) is 0 Å². The molecule has 0 spiro atoms. The molecule has 2 aromatic carbocycles. The highest BCUT2D eigenvalue weighted by atomic mass is 15.0. The van der Waals surface area contributed by atoms with E-state index in [1.54, 1.807) is 18.5 Å². The van der Waals surface area contributed by atoms with Gasteiger partial charge in [0.1, 0.15) is 0 Å². The zero-order chi connectivity index (χ0) is 16.1. The number of pyridine rings is 1. The molecule has 2 heteroatoms. The van der Waals surface area contributed by atoms with Crippen molar-refractivity contribution in [1.82, 2.24) is 9.55 Å². The topological polar surface area (TPSA) is 17.8 Å². The molecular weight excluding hydrogens is 280 g/mol. The van der Waals surface area contributed by atoms with Gasteiger partial charge in [0.15, 0.2) is 0 Å². The summed E-state index contributed by atoms with van der Waals surface area (Å²) in [6.07, 6.45) is 5.29. The van der Waals surface area contributed by atoms with Crippen molar-refractivity contribution in [3.63, 3.8) is 0 Å². The Labute approximate surface area is 136 Å². The molecule has 114 valence electrons. The minimum atomic E-state index is 1.02. The van der Waals surface area contributed by atoms with Crippen LogP contribution in [0.1, 0.15) is 12.5 Å². The fourth-order valence-corrected chi connectivity index (χ4v) is 2.84. The smallest absolute Gasteiger partial charge is 0.0491 e. The lowest BCUT2D eigenvalue weighted by atomic mass is 10.2. The number of rotatable bonds is 2. The third-order valence-corrected chi connectivity index (χ3v) is 3.94. The maximum atomic E-state index is 3.85. The van der Waals surface area contributed by atoms with Crippen molar-refractivity contribution in [3.8, 4) is 0 Å². The highest BCUT2D eigenvalue weighted by molar-refractivity contribution is 6.07. The summed E-state index contributed by atoms with van der Waals surface area (Å²) >= 11 is 0. The van der Waals surface area contributed by atoms with E-state index in [0.717, 1.165) is 12.1 Å². The van der Waals surface area contributed by atoms with E-state index >= 15 is 0 Å². The van der Waals surface area contributed by atoms with Crippen molar-refractivity contribution in [2.45, 2.75) is 13.5 Å². The van der Waals surface area contributed by atoms with Crippen LogP contribution in [0.25, 0.3) is 27.9 Å². The van der Waals surface area contributed by atoms with Gasteiger partial charge in [-0.15, -0.1) is 0 Å². The van der Waals surface area contributed by atoms with Gasteiger partial charge >= 0.3 is 0 Å². The van der Waals surface area contributed by atoms with Crippen LogP contribution in [0.4, 0.5) is 0 Å². The van der Waals surface area contributed by atoms with Gasteiger partial charge in [0.05, 0.1) is 0 Å². The van der Waals surface area contributed by atoms with Gasteiger partial charge in [-0.1, -0.05) is 49.1 Å². The zero-order valence-corrected chi connectivity index (χ0v) is 13.3. The predicted molar refractivity (Wildman–Crippen MR) is 99.4 cm³/mol. The molecule has 0 unspecified atom stereocenters. The molecule has 0 fully saturated rings. The van der Waals surface area contributed by atoms with Gasteiger partial charge in [0, 0.05) is 40.7 Å². The molecule has 0 bridgehead atoms. The fourth-order valence-electron chi connectivity index (χ4n) is 2.84. The van der Waals surface area contributed by atoms with Crippen molar-refractivity contribution in [3.05, 3.63) is 85.2 Å². The summed E-state index contributed by atoms with van der Waals surface area (Å²) in [5.74, 6) is 0. The Kier molecular flexibility index (Phi) is 4.53. The van der Waals surface area contributed by atoms with Crippen LogP contribution in [0.3, 0.4) is 0 Å². The highest BCUT2D eigenvalue weighted by Crippen LogP contribution is 2.28. The third-order valence-electron chi connectivity index (χ3n) is 3.94. The lowest BCUT2D eigenvalue weighted by Crippen LogP contribution is -1.91. The van der Waals surface area contributed by atoms with E-state index in [9.17, 15) is 0 Å². The summed E-state index contributed by atoms with van der Waals surface area (Å²) in [5.41, 5.74) is 3.78. The van der Waals surface area contributed by atoms with Gasteiger partial charge < -0.3 is 4.57 Å². The molecular formula is C21H20N2. The van der Waals surface area contributed by atoms with Crippen LogP contribution < -0.4 is 0 Å². The maximum absolute atomic E-state index is 3.85. The van der Waals surface area contributed by atoms with Gasteiger partial charge in [-0.25, -0.2) is 0 Å². The molecule has 4 aromatic rings. The van der Waals surface area contributed by atoms with Crippen molar-refractivity contribution < 1.29 is 0 Å². The second-order valence-corrected chi connectivity index (χ2v) is 5.26. The first-order valence-electron chi connectivity index (χ1n) is 7.83. The number of hydrogen-bond acceptors (Lipinski definition) is 1. The molecule has 0 atom stereocenters. The summed E-state index contributed by atoms with van der Waals surface area (Å²) in [7, 11) is 0. The van der Waals surface area contributed by atoms with Gasteiger partial charge in [0.25, 0.3) is 0 Å². The number of hydrogen-bond donors (Lipinski definition) is 0. The lowest BCUT2D eigenvalue weighted by Gasteiger charge is -2.01. The van der Waals surface area contributed by atoms with Crippen LogP contribution in [-0.4, -0.2) is 9.55 Å². The first-order chi connectivity index (χ1) is 11.3. The number of aryl methyl sites for hydroxylation is 1. The molecule has 0 radical (unpaired) electrons. The molecule has 0 amide bonds. The standard InChI is InChI=1S/C14H13N.C7H7N/c1-2-15-13-9-5-3-7-11(13)12-8-4-6-10-14(12)15;1-2-7-3-5-8-6-4-7/h3-10H,2H2,1H3;2-6H,1H2. The molecule has 0 aliphatic carbocycles. The highest BCUT2D eigenvalue weighted by Gasteiger charge is 2.06. The van der Waals surface area contributed by atoms with E-state index in [-0.39, 0.29) is 0 Å². The maximum Gasteiger partial charge on any atom is 0.0491 e. The predicted octanol–water partition coefficient (Wildman–Crippen LogP) is 5.54. The summed E-state index contributed by atoms with van der Waals surface area (Å²) in [6, 6.07) is 21.0. The number of fused-ring (bicyclic) bond motifs is 3. The lowest BCUT2D eigenvalue weighted by molar-refractivity contribution is 0.827. The Morgan fingerprint density at radius 3 is 1.83 bits per heavy atom. The van der Waals surface area contributed by atoms with E-state index < -0.39 is 0 Å². The monoisotopic (exact) mass is 300 g/mol. The van der Waals surface area contributed by atoms with Gasteiger partial charge in [-0.3, -0.25) is 4.98 Å². The van der Waals surface area contributed by atoms with Gasteiger partial charge in [-0.05, 0) is 36.8 Å². The van der Waals surface area contributed by atoms with E-state index in [0.29, 0.717) is 0 Å². The molecule has 0 aliphatic rings. The molecule has 0 N–H and O–H groups in total. The summed E-state index contributed by atoms with van der Waals surface area (Å²) < 4.78 is 2.37. The molecule has 2 aromatic heterocycles. The third kappa shape index (κ3) is 3.02. The first kappa shape index (κ1) is 15.0. The van der Waals surface area contributed by atoms with Crippen LogP contribution in [-0.2, 0) is 6.54 Å². The summed E-state index contributed by atoms with van der Waals surface area (Å²) in [5, 5.41) is 2.71. The Hall–Kier alpha value is -2.87. The van der Waals surface area contributed by atoms with Crippen LogP contribution in [0, 0.1) is 0 Å². The Morgan fingerprint density at radius 2 is 1.39 bits per heavy atom. The molecule has 2 nitrogen and oxygen atoms in total. The summed E-state index contributed by atoms with van der Waals surface area (Å²) in [4.78, 5) is 3.85. The Balaban J connectivity index is 0.000000166. The minimum Gasteiger partial charge on any atom is -0.341 e. The molecule has 4 rings (SSSR count). The van der Waals surface area contributed by atoms with Crippen molar-refractivity contribution >= 4 is 27.9 Å². The average molecular weight is 300 g/mol. The Morgan fingerprint density at radius 1 is 0.870 bits per heavy atom. The number of nitrogens with zero attached hydrogens (tertiary/aromatic N) is 2. The van der Waals surface area contributed by atoms with E-state index in [2.05, 4.69) is 71.6 Å². The molecule has 0 saturated heterocycles. The molecule has 2 heterocycles. The van der Waals surface area contributed by atoms with Crippen molar-refractivity contribution in [1.29, 1.82) is 0 Å². The van der Waals surface area contributed by atoms with Crippen LogP contribution in [0.2, 0.25) is 0 Å². The first-order valence-corrected chi connectivity index (χ1v) is 7.83. The van der Waals surface area contributed by atoms with Crippen LogP contribution in [0.15, 0.2) is 79.6 Å². The minimum absolute atomic E-state index is 1.02. The summed E-state index contributed by atoms with van der Waals surface area (Å²) in [6.45, 7) is 6.82. The van der Waals surface area contributed by atoms with Gasteiger partial charge in [0.2, 0.25) is 0 Å². The number of benzene rings is 2. The molecule has 0 saturated carbocycles. The SMILES string of the molecule is C=Cc1ccncc1.CCn1c2ccccc2c2ccccc21. The quantitative estimate of drug-likeness (QED) is 0.475. The Bertz CT molecular complexity index is 867. The zero-order valence-electron chi connectivity index (χ0n) is 13.3. The van der Waals surface area contributed by atoms with Gasteiger partial charge in [-0.2, -0.15) is 0 Å².